The smallest absolute Gasteiger partial charge is 0.336 e. The molecule has 0 spiro atoms. The summed E-state index contributed by atoms with van der Waals surface area (Å²) in [5.41, 5.74) is 2.53. The number of aromatic carboxylic acids is 1. The van der Waals surface area contributed by atoms with E-state index in [0.29, 0.717) is 57.3 Å². The largest absolute Gasteiger partial charge is 0.508 e. The lowest BCUT2D eigenvalue weighted by Crippen LogP contribution is -2.35. The number of fused-ring (bicyclic) bond motifs is 3. The second kappa shape index (κ2) is 23.3. The zero-order valence-corrected chi connectivity index (χ0v) is 41.4. The Kier molecular flexibility index (Phi) is 16.3. The van der Waals surface area contributed by atoms with Gasteiger partial charge in [-0.05, 0) is 109 Å². The number of unbranched alkanes of at least 4 members (excludes halogenated alkanes) is 2. The Morgan fingerprint density at radius 2 is 1.44 bits per heavy atom. The summed E-state index contributed by atoms with van der Waals surface area (Å²) in [6, 6.07) is 31.5. The predicted molar refractivity (Wildman–Crippen MR) is 280 cm³/mol. The topological polar surface area (TPSA) is 290 Å². The first-order valence-electron chi connectivity index (χ1n) is 23.6. The highest BCUT2D eigenvalue weighted by molar-refractivity contribution is 7.92. The van der Waals surface area contributed by atoms with Crippen molar-refractivity contribution in [2.75, 3.05) is 30.5 Å². The zero-order valence-electron chi connectivity index (χ0n) is 39.8. The van der Waals surface area contributed by atoms with Gasteiger partial charge in [-0.2, -0.15) is 0 Å². The number of carboxylic acid groups (broad SMARTS) is 1. The second-order valence-corrected chi connectivity index (χ2v) is 19.5. The van der Waals surface area contributed by atoms with Crippen molar-refractivity contribution in [3.05, 3.63) is 159 Å². The minimum absolute atomic E-state index is 0.0291. The molecule has 384 valence electrons. The number of nitrogens with one attached hydrogen (secondary N) is 4. The number of amides is 4. The molecular formula is C54H48ClN7O12S. The number of nitrogens with zero attached hydrogens (tertiary/aromatic N) is 3. The SMILES string of the molecule is O=C(CN(c1ccc(Cl)cc1)S(=O)(=O)c1ccc(CCC(=O)NCCNC(=O)CCCCCNC(=O)c2ccc(-c3c4ccc(=O)cc-4oc4cc(O)ccc34)c(C(=O)O)c2)cc1)N=Nc1c(O)[nH]c2ccccc12. The van der Waals surface area contributed by atoms with Gasteiger partial charge in [0.05, 0.1) is 21.7 Å². The number of sulfonamides is 1. The first-order valence-corrected chi connectivity index (χ1v) is 25.4. The molecule has 19 nitrogen and oxygen atoms in total. The highest BCUT2D eigenvalue weighted by atomic mass is 35.5. The molecule has 0 atom stereocenters. The van der Waals surface area contributed by atoms with E-state index in [1.807, 2.05) is 0 Å². The quantitative estimate of drug-likeness (QED) is 0.0203. The first kappa shape index (κ1) is 52.4. The third-order valence-electron chi connectivity index (χ3n) is 12.1. The molecule has 1 aliphatic carbocycles. The fourth-order valence-electron chi connectivity index (χ4n) is 8.31. The number of azo groups is 1. The number of halogens is 1. The summed E-state index contributed by atoms with van der Waals surface area (Å²) in [5, 5.41) is 47.9. The Bertz CT molecular complexity index is 3640. The fourth-order valence-corrected chi connectivity index (χ4v) is 9.85. The molecule has 21 heteroatoms. The van der Waals surface area contributed by atoms with Gasteiger partial charge in [0.25, 0.3) is 21.8 Å². The van der Waals surface area contributed by atoms with Gasteiger partial charge in [-0.15, -0.1) is 10.2 Å². The van der Waals surface area contributed by atoms with E-state index < -0.39 is 34.4 Å². The lowest BCUT2D eigenvalue weighted by atomic mass is 9.90. The number of aromatic nitrogens is 1. The summed E-state index contributed by atoms with van der Waals surface area (Å²) in [6.07, 6.45) is 2.29. The van der Waals surface area contributed by atoms with E-state index in [2.05, 4.69) is 31.2 Å². The number of H-pyrrole nitrogens is 1. The molecule has 0 bridgehead atoms. The third kappa shape index (κ3) is 12.7. The van der Waals surface area contributed by atoms with E-state index in [1.54, 1.807) is 48.5 Å². The molecule has 4 amide bonds. The van der Waals surface area contributed by atoms with Crippen LogP contribution in [0.15, 0.2) is 152 Å². The minimum Gasteiger partial charge on any atom is -0.508 e. The van der Waals surface area contributed by atoms with E-state index in [-0.39, 0.29) is 112 Å². The number of aromatic amines is 1. The number of aromatic hydroxyl groups is 2. The van der Waals surface area contributed by atoms with Crippen molar-refractivity contribution in [1.29, 1.82) is 0 Å². The number of carboxylic acids is 1. The number of phenolic OH excluding ortho intramolecular Hbond substituents is 1. The Labute approximate surface area is 433 Å². The van der Waals surface area contributed by atoms with Crippen LogP contribution >= 0.6 is 11.6 Å². The van der Waals surface area contributed by atoms with Gasteiger partial charge in [-0.25, -0.2) is 13.2 Å². The van der Waals surface area contributed by atoms with Gasteiger partial charge in [0.1, 0.15) is 23.6 Å². The van der Waals surface area contributed by atoms with E-state index in [0.717, 1.165) is 4.31 Å². The molecule has 0 radical (unpaired) electrons. The average Bonchev–Trinajstić information content (AvgIpc) is 3.72. The van der Waals surface area contributed by atoms with Crippen LogP contribution in [0.4, 0.5) is 11.4 Å². The number of hydrogen-bond donors (Lipinski definition) is 7. The summed E-state index contributed by atoms with van der Waals surface area (Å²) >= 11 is 6.06. The number of phenols is 1. The van der Waals surface area contributed by atoms with Crippen molar-refractivity contribution in [2.45, 2.75) is 43.4 Å². The third-order valence-corrected chi connectivity index (χ3v) is 14.1. The van der Waals surface area contributed by atoms with Crippen LogP contribution in [-0.4, -0.2) is 84.5 Å². The first-order chi connectivity index (χ1) is 36.0. The number of anilines is 1. The maximum absolute atomic E-state index is 14.0. The zero-order chi connectivity index (χ0) is 53.2. The van der Waals surface area contributed by atoms with Crippen LogP contribution < -0.4 is 25.7 Å². The van der Waals surface area contributed by atoms with Crippen LogP contribution in [0.25, 0.3) is 44.3 Å². The molecule has 5 aromatic carbocycles. The fraction of sp³-hybridized carbons (Fsp3) is 0.185. The van der Waals surface area contributed by atoms with Crippen molar-refractivity contribution in [3.63, 3.8) is 0 Å². The van der Waals surface area contributed by atoms with Gasteiger partial charge < -0.3 is 40.7 Å². The minimum atomic E-state index is -4.34. The lowest BCUT2D eigenvalue weighted by Gasteiger charge is -2.23. The van der Waals surface area contributed by atoms with Gasteiger partial charge in [0, 0.05) is 77.1 Å². The van der Waals surface area contributed by atoms with Crippen LogP contribution in [0.5, 0.6) is 11.6 Å². The molecule has 1 aromatic heterocycles. The Hall–Kier alpha value is -8.88. The molecule has 0 saturated heterocycles. The summed E-state index contributed by atoms with van der Waals surface area (Å²) in [6.45, 7) is -0.0628. The number of aryl methyl sites for hydroxylation is 1. The molecule has 6 aromatic rings. The van der Waals surface area contributed by atoms with E-state index >= 15 is 0 Å². The standard InChI is InChI=1S/C54H48ClN7O12S/c55-34-13-15-35(16-14-34)62(31-49(67)60-61-51-40-6-3-4-7-44(40)59-53(51)69)75(72,73)38-19-9-32(10-20-38)11-24-48(66)57-27-26-56-47(65)8-2-1-5-25-58-52(68)33-12-21-39(43(28-33)54(70)71)50-41-22-17-36(63)29-45(41)74-46-30-37(64)18-23-42(46)50/h3-4,6-7,9-10,12-23,28-30,59,63,69H,1-2,5,8,11,24-27,31H2,(H,56,65)(H,57,66)(H,58,68)(H,70,71). The maximum Gasteiger partial charge on any atom is 0.336 e. The molecule has 8 rings (SSSR count). The van der Waals surface area contributed by atoms with Crippen molar-refractivity contribution in [2.24, 2.45) is 10.2 Å². The van der Waals surface area contributed by atoms with Crippen LogP contribution in [-0.2, 0) is 30.8 Å². The maximum atomic E-state index is 14.0. The Morgan fingerprint density at radius 3 is 2.19 bits per heavy atom. The van der Waals surface area contributed by atoms with Gasteiger partial charge in [-0.3, -0.25) is 28.3 Å². The monoisotopic (exact) mass is 1050 g/mol. The number of hydrogen-bond acceptors (Lipinski definition) is 12. The van der Waals surface area contributed by atoms with Gasteiger partial charge in [0.15, 0.2) is 11.1 Å². The van der Waals surface area contributed by atoms with Crippen molar-refractivity contribution < 1.29 is 52.1 Å². The average molecular weight is 1050 g/mol. The Morgan fingerprint density at radius 1 is 0.720 bits per heavy atom. The van der Waals surface area contributed by atoms with Crippen LogP contribution in [0.1, 0.15) is 58.4 Å². The molecule has 2 heterocycles. The molecule has 0 fully saturated rings. The summed E-state index contributed by atoms with van der Waals surface area (Å²) in [7, 11) is -4.34. The van der Waals surface area contributed by atoms with Crippen molar-refractivity contribution >= 4 is 84.5 Å². The number of carbonyl (C=O) groups excluding carboxylic acids is 4. The molecule has 0 saturated carbocycles. The highest BCUT2D eigenvalue weighted by Crippen LogP contribution is 2.42. The van der Waals surface area contributed by atoms with Gasteiger partial charge in [-0.1, -0.05) is 54.4 Å². The van der Waals surface area contributed by atoms with Crippen LogP contribution in [0, 0.1) is 0 Å². The second-order valence-electron chi connectivity index (χ2n) is 17.2. The van der Waals surface area contributed by atoms with Crippen molar-refractivity contribution in [1.82, 2.24) is 20.9 Å². The van der Waals surface area contributed by atoms with E-state index in [4.69, 9.17) is 16.0 Å². The molecule has 2 aliphatic rings. The molecule has 1 aliphatic heterocycles. The number of carbonyl (C=O) groups is 5. The molecule has 0 unspecified atom stereocenters. The number of benzene rings is 6. The number of rotatable bonds is 21. The number of para-hydroxylation sites is 1. The molecular weight excluding hydrogens is 1010 g/mol. The molecule has 75 heavy (non-hydrogen) atoms. The predicted octanol–water partition coefficient (Wildman–Crippen LogP) is 8.47. The summed E-state index contributed by atoms with van der Waals surface area (Å²) in [4.78, 5) is 78.6. The van der Waals surface area contributed by atoms with Crippen molar-refractivity contribution in [3.8, 4) is 34.1 Å². The van der Waals surface area contributed by atoms with Crippen LogP contribution in [0.2, 0.25) is 5.02 Å². The van der Waals surface area contributed by atoms with Crippen LogP contribution in [0.3, 0.4) is 0 Å². The van der Waals surface area contributed by atoms with Gasteiger partial charge in [0.2, 0.25) is 17.7 Å². The van der Waals surface area contributed by atoms with E-state index in [9.17, 15) is 52.5 Å². The molecule has 7 N–H and O–H groups in total. The Balaban J connectivity index is 0.748. The lowest BCUT2D eigenvalue weighted by molar-refractivity contribution is -0.122. The summed E-state index contributed by atoms with van der Waals surface area (Å²) in [5.74, 6) is -3.34. The summed E-state index contributed by atoms with van der Waals surface area (Å²) < 4.78 is 34.7. The highest BCUT2D eigenvalue weighted by Gasteiger charge is 2.28. The van der Waals surface area contributed by atoms with Gasteiger partial charge >= 0.3 is 5.97 Å². The van der Waals surface area contributed by atoms with E-state index in [1.165, 1.54) is 78.9 Å². The normalized spacial score (nSPS) is 11.5.